The van der Waals surface area contributed by atoms with Crippen molar-refractivity contribution in [3.63, 3.8) is 0 Å². The van der Waals surface area contributed by atoms with Gasteiger partial charge in [-0.15, -0.1) is 0 Å². The smallest absolute Gasteiger partial charge is 0.305 e. The highest BCUT2D eigenvalue weighted by molar-refractivity contribution is 5.96. The molecule has 0 saturated carbocycles. The Kier molecular flexibility index (Phi) is 8.62. The van der Waals surface area contributed by atoms with Crippen molar-refractivity contribution in [2.75, 3.05) is 14.2 Å². The van der Waals surface area contributed by atoms with Gasteiger partial charge in [-0.25, -0.2) is 9.97 Å². The number of hydrogen-bond donors (Lipinski definition) is 2. The van der Waals surface area contributed by atoms with Crippen LogP contribution in [0.25, 0.3) is 50.4 Å². The molecule has 2 aliphatic rings. The SMILES string of the molecule is COC(=O)CCC1=C(C)c2cc3cc(C)c(cc4[nH]c(cc5nc(cc1n2)C(CCC(=O)OC)=C5C)c(C)c4C=C(F)F)[nH]3. The van der Waals surface area contributed by atoms with Gasteiger partial charge in [0.2, 0.25) is 0 Å². The van der Waals surface area contributed by atoms with E-state index >= 15 is 0 Å². The Morgan fingerprint density at radius 1 is 0.727 bits per heavy atom. The van der Waals surface area contributed by atoms with Crippen LogP contribution in [0.3, 0.4) is 0 Å². The monoisotopic (exact) mass is 600 g/mol. The molecule has 0 spiro atoms. The van der Waals surface area contributed by atoms with Gasteiger partial charge in [0.25, 0.3) is 6.08 Å². The Labute approximate surface area is 253 Å². The second kappa shape index (κ2) is 12.4. The number of allylic oxidation sites excluding steroid dienone is 4. The molecule has 0 radical (unpaired) electrons. The van der Waals surface area contributed by atoms with Crippen molar-refractivity contribution in [1.82, 2.24) is 19.9 Å². The number of H-pyrrole nitrogens is 2. The van der Waals surface area contributed by atoms with Gasteiger partial charge < -0.3 is 19.4 Å². The van der Waals surface area contributed by atoms with Gasteiger partial charge in [-0.05, 0) is 104 Å². The third kappa shape index (κ3) is 6.10. The number of aryl methyl sites for hydroxylation is 2. The van der Waals surface area contributed by atoms with Crippen molar-refractivity contribution in [2.24, 2.45) is 0 Å². The normalized spacial score (nSPS) is 12.9. The highest BCUT2D eigenvalue weighted by atomic mass is 19.3. The topological polar surface area (TPSA) is 110 Å². The summed E-state index contributed by atoms with van der Waals surface area (Å²) in [5.41, 5.74) is 10.9. The number of esters is 2. The van der Waals surface area contributed by atoms with Crippen LogP contribution in [0.2, 0.25) is 0 Å². The number of carbonyl (C=O) groups is 2. The predicted octanol–water partition coefficient (Wildman–Crippen LogP) is 7.94. The maximum absolute atomic E-state index is 13.6. The molecule has 228 valence electrons. The van der Waals surface area contributed by atoms with Crippen molar-refractivity contribution in [1.29, 1.82) is 0 Å². The van der Waals surface area contributed by atoms with Gasteiger partial charge >= 0.3 is 11.9 Å². The molecule has 5 rings (SSSR count). The zero-order chi connectivity index (χ0) is 31.7. The summed E-state index contributed by atoms with van der Waals surface area (Å²) >= 11 is 0. The molecule has 5 heterocycles. The van der Waals surface area contributed by atoms with Crippen LogP contribution in [0, 0.1) is 13.8 Å². The van der Waals surface area contributed by atoms with Crippen LogP contribution < -0.4 is 0 Å². The molecular formula is C34H34F2N4O4. The van der Waals surface area contributed by atoms with Crippen LogP contribution in [0.1, 0.15) is 79.0 Å². The molecule has 8 bridgehead atoms. The largest absolute Gasteiger partial charge is 0.469 e. The molecule has 0 atom stereocenters. The van der Waals surface area contributed by atoms with Crippen molar-refractivity contribution in [3.05, 3.63) is 75.9 Å². The lowest BCUT2D eigenvalue weighted by atomic mass is 9.98. The molecular weight excluding hydrogens is 566 g/mol. The molecule has 0 amide bonds. The zero-order valence-electron chi connectivity index (χ0n) is 25.6. The molecule has 0 unspecified atom stereocenters. The summed E-state index contributed by atoms with van der Waals surface area (Å²) in [5.74, 6) is -0.662. The number of methoxy groups -OCH3 is 2. The number of carbonyl (C=O) groups excluding carboxylic acids is 2. The van der Waals surface area contributed by atoms with Crippen LogP contribution in [0.4, 0.5) is 8.78 Å². The van der Waals surface area contributed by atoms with Crippen molar-refractivity contribution in [3.8, 4) is 0 Å². The second-order valence-corrected chi connectivity index (χ2v) is 10.9. The van der Waals surface area contributed by atoms with Gasteiger partial charge in [-0.3, -0.25) is 9.59 Å². The summed E-state index contributed by atoms with van der Waals surface area (Å²) in [7, 11) is 2.72. The van der Waals surface area contributed by atoms with Gasteiger partial charge in [0, 0.05) is 46.5 Å². The van der Waals surface area contributed by atoms with E-state index in [0.29, 0.717) is 52.1 Å². The molecule has 0 fully saturated rings. The molecule has 2 N–H and O–H groups in total. The summed E-state index contributed by atoms with van der Waals surface area (Å²) in [6, 6.07) is 9.46. The lowest BCUT2D eigenvalue weighted by Gasteiger charge is -2.06. The summed E-state index contributed by atoms with van der Waals surface area (Å²) < 4.78 is 36.9. The molecule has 10 heteroatoms. The van der Waals surface area contributed by atoms with E-state index in [4.69, 9.17) is 19.4 Å². The molecule has 3 aromatic heterocycles. The van der Waals surface area contributed by atoms with Crippen LogP contribution in [-0.4, -0.2) is 46.1 Å². The first-order valence-corrected chi connectivity index (χ1v) is 14.3. The molecule has 0 saturated heterocycles. The number of rotatable bonds is 7. The van der Waals surface area contributed by atoms with Crippen molar-refractivity contribution >= 4 is 62.4 Å². The van der Waals surface area contributed by atoms with Crippen molar-refractivity contribution < 1.29 is 27.8 Å². The first-order chi connectivity index (χ1) is 21.0. The minimum Gasteiger partial charge on any atom is -0.469 e. The molecule has 2 aliphatic heterocycles. The second-order valence-electron chi connectivity index (χ2n) is 10.9. The number of halogens is 2. The third-order valence-corrected chi connectivity index (χ3v) is 8.22. The van der Waals surface area contributed by atoms with E-state index in [1.165, 1.54) is 14.2 Å². The van der Waals surface area contributed by atoms with E-state index in [0.717, 1.165) is 50.7 Å². The fourth-order valence-corrected chi connectivity index (χ4v) is 5.66. The number of aromatic amines is 2. The van der Waals surface area contributed by atoms with Gasteiger partial charge in [0.05, 0.1) is 37.0 Å². The van der Waals surface area contributed by atoms with E-state index in [9.17, 15) is 18.4 Å². The Balaban J connectivity index is 1.86. The van der Waals surface area contributed by atoms with Gasteiger partial charge in [-0.1, -0.05) is 0 Å². The third-order valence-electron chi connectivity index (χ3n) is 8.22. The first kappa shape index (κ1) is 30.6. The highest BCUT2D eigenvalue weighted by Crippen LogP contribution is 2.38. The summed E-state index contributed by atoms with van der Waals surface area (Å²) in [4.78, 5) is 40.8. The zero-order valence-corrected chi connectivity index (χ0v) is 25.6. The van der Waals surface area contributed by atoms with E-state index in [1.54, 1.807) is 6.92 Å². The Bertz CT molecular complexity index is 1940. The Morgan fingerprint density at radius 2 is 1.30 bits per heavy atom. The van der Waals surface area contributed by atoms with E-state index in [2.05, 4.69) is 9.97 Å². The van der Waals surface area contributed by atoms with E-state index in [1.807, 2.05) is 51.1 Å². The Hall–Kier alpha value is -4.86. The summed E-state index contributed by atoms with van der Waals surface area (Å²) in [6.45, 7) is 7.63. The number of nitrogens with one attached hydrogen (secondary N) is 2. The minimum atomic E-state index is -1.79. The van der Waals surface area contributed by atoms with Crippen LogP contribution in [-0.2, 0) is 19.1 Å². The standard InChI is InChI=1S/C34H34F2N4O4/c1-17-11-21-12-26-18(2)22(7-9-33(41)43-5)29(38-26)16-30-23(8-10-34(42)44-6)19(3)27(39-30)15-28-20(4)24(13-32(35)36)31(40-28)14-25(17)37-21/h11-16,37,40H,7-10H2,1-6H3. The fourth-order valence-electron chi connectivity index (χ4n) is 5.66. The summed E-state index contributed by atoms with van der Waals surface area (Å²) in [6.07, 6.45) is 0.235. The molecule has 0 aromatic carbocycles. The number of aromatic nitrogens is 4. The average Bonchev–Trinajstić information content (AvgIpc) is 3.66. The van der Waals surface area contributed by atoms with Crippen LogP contribution in [0.5, 0.6) is 0 Å². The van der Waals surface area contributed by atoms with Gasteiger partial charge in [0.15, 0.2) is 0 Å². The van der Waals surface area contributed by atoms with Gasteiger partial charge in [0.1, 0.15) is 0 Å². The van der Waals surface area contributed by atoms with Crippen molar-refractivity contribution in [2.45, 2.75) is 53.4 Å². The van der Waals surface area contributed by atoms with Gasteiger partial charge in [-0.2, -0.15) is 8.78 Å². The lowest BCUT2D eigenvalue weighted by Crippen LogP contribution is -2.01. The lowest BCUT2D eigenvalue weighted by molar-refractivity contribution is -0.141. The molecule has 44 heavy (non-hydrogen) atoms. The Morgan fingerprint density at radius 3 is 1.84 bits per heavy atom. The maximum atomic E-state index is 13.6. The highest BCUT2D eigenvalue weighted by Gasteiger charge is 2.22. The quantitative estimate of drug-likeness (QED) is 0.267. The molecule has 8 nitrogen and oxygen atoms in total. The average molecular weight is 601 g/mol. The summed E-state index contributed by atoms with van der Waals surface area (Å²) in [5, 5.41) is 0. The van der Waals surface area contributed by atoms with E-state index < -0.39 is 6.08 Å². The maximum Gasteiger partial charge on any atom is 0.305 e. The number of nitrogens with zero attached hydrogens (tertiary/aromatic N) is 2. The molecule has 3 aromatic rings. The minimum absolute atomic E-state index is 0.157. The predicted molar refractivity (Wildman–Crippen MR) is 168 cm³/mol. The fraction of sp³-hybridized carbons (Fsp3) is 0.294. The number of hydrogen-bond acceptors (Lipinski definition) is 6. The number of ether oxygens (including phenoxy) is 2. The van der Waals surface area contributed by atoms with Crippen LogP contribution >= 0.6 is 0 Å². The van der Waals surface area contributed by atoms with E-state index in [-0.39, 0.29) is 24.8 Å². The van der Waals surface area contributed by atoms with Crippen LogP contribution in [0.15, 0.2) is 36.4 Å². The molecule has 0 aliphatic carbocycles. The number of fused-ring (bicyclic) bond motifs is 8. The first-order valence-electron chi connectivity index (χ1n) is 14.3.